The summed E-state index contributed by atoms with van der Waals surface area (Å²) in [4.78, 5) is 6.93. The number of unbranched alkanes of at least 4 members (excludes halogenated alkanes) is 2. The first-order valence-corrected chi connectivity index (χ1v) is 8.55. The van der Waals surface area contributed by atoms with Crippen LogP contribution in [0.25, 0.3) is 10.9 Å². The molecule has 1 aromatic heterocycles. The molecule has 0 saturated carbocycles. The fourth-order valence-electron chi connectivity index (χ4n) is 2.80. The Bertz CT molecular complexity index is 645. The van der Waals surface area contributed by atoms with Crippen LogP contribution in [0.5, 0.6) is 5.75 Å². The summed E-state index contributed by atoms with van der Waals surface area (Å²) in [5.41, 5.74) is 7.59. The minimum absolute atomic E-state index is 0.365. The van der Waals surface area contributed by atoms with E-state index in [4.69, 9.17) is 22.1 Å². The van der Waals surface area contributed by atoms with Gasteiger partial charge in [-0.1, -0.05) is 18.0 Å². The van der Waals surface area contributed by atoms with Crippen molar-refractivity contribution in [2.75, 3.05) is 25.1 Å². The van der Waals surface area contributed by atoms with Crippen molar-refractivity contribution in [2.24, 2.45) is 5.73 Å². The molecule has 2 N–H and O–H groups in total. The third kappa shape index (κ3) is 4.06. The van der Waals surface area contributed by atoms with Gasteiger partial charge in [-0.05, 0) is 45.4 Å². The van der Waals surface area contributed by atoms with Crippen LogP contribution in [0.4, 0.5) is 5.69 Å². The Kier molecular flexibility index (Phi) is 6.48. The van der Waals surface area contributed by atoms with Gasteiger partial charge in [-0.25, -0.2) is 0 Å². The van der Waals surface area contributed by atoms with Crippen LogP contribution in [-0.2, 0) is 0 Å². The van der Waals surface area contributed by atoms with E-state index in [0.29, 0.717) is 16.8 Å². The maximum atomic E-state index is 6.45. The monoisotopic (exact) mass is 335 g/mol. The fraction of sp³-hybridized carbons (Fsp3) is 0.500. The largest absolute Gasteiger partial charge is 0.495 e. The summed E-state index contributed by atoms with van der Waals surface area (Å²) in [6, 6.07) is 6.26. The summed E-state index contributed by atoms with van der Waals surface area (Å²) in [5, 5.41) is 1.54. The van der Waals surface area contributed by atoms with Crippen LogP contribution in [0, 0.1) is 0 Å². The van der Waals surface area contributed by atoms with Gasteiger partial charge < -0.3 is 15.4 Å². The van der Waals surface area contributed by atoms with Crippen molar-refractivity contribution >= 4 is 28.2 Å². The summed E-state index contributed by atoms with van der Waals surface area (Å²) in [5.74, 6) is 0.690. The summed E-state index contributed by atoms with van der Waals surface area (Å²) >= 11 is 6.45. The predicted molar refractivity (Wildman–Crippen MR) is 98.7 cm³/mol. The van der Waals surface area contributed by atoms with Gasteiger partial charge in [0.25, 0.3) is 0 Å². The lowest BCUT2D eigenvalue weighted by atomic mass is 10.1. The Hall–Kier alpha value is -1.52. The number of hydrogen-bond acceptors (Lipinski definition) is 4. The van der Waals surface area contributed by atoms with Crippen LogP contribution in [-0.4, -0.2) is 31.2 Å². The lowest BCUT2D eigenvalue weighted by Crippen LogP contribution is -2.32. The average molecular weight is 336 g/mol. The highest BCUT2D eigenvalue weighted by Crippen LogP contribution is 2.39. The van der Waals surface area contributed by atoms with E-state index in [-0.39, 0.29) is 0 Å². The van der Waals surface area contributed by atoms with Crippen molar-refractivity contribution in [3.63, 3.8) is 0 Å². The third-order valence-corrected chi connectivity index (χ3v) is 4.42. The molecule has 0 unspecified atom stereocenters. The average Bonchev–Trinajstić information content (AvgIpc) is 2.56. The number of anilines is 1. The van der Waals surface area contributed by atoms with Crippen LogP contribution in [0.15, 0.2) is 24.4 Å². The van der Waals surface area contributed by atoms with E-state index in [2.05, 4.69) is 23.7 Å². The highest BCUT2D eigenvalue weighted by Gasteiger charge is 2.18. The Morgan fingerprint density at radius 3 is 2.74 bits per heavy atom. The summed E-state index contributed by atoms with van der Waals surface area (Å²) in [6.45, 7) is 6.10. The zero-order valence-corrected chi connectivity index (χ0v) is 14.9. The zero-order valence-electron chi connectivity index (χ0n) is 14.2. The number of pyridine rings is 1. The molecule has 1 aromatic carbocycles. The second kappa shape index (κ2) is 8.37. The van der Waals surface area contributed by atoms with Gasteiger partial charge in [0.1, 0.15) is 5.75 Å². The molecule has 23 heavy (non-hydrogen) atoms. The van der Waals surface area contributed by atoms with Gasteiger partial charge >= 0.3 is 0 Å². The van der Waals surface area contributed by atoms with Gasteiger partial charge in [0.2, 0.25) is 0 Å². The van der Waals surface area contributed by atoms with Crippen molar-refractivity contribution in [2.45, 2.75) is 39.2 Å². The molecule has 5 heteroatoms. The Balaban J connectivity index is 2.43. The van der Waals surface area contributed by atoms with Crippen molar-refractivity contribution in [1.29, 1.82) is 0 Å². The number of ether oxygens (including phenoxy) is 1. The Morgan fingerprint density at radius 2 is 2.09 bits per heavy atom. The molecule has 4 nitrogen and oxygen atoms in total. The van der Waals surface area contributed by atoms with Gasteiger partial charge in [0.15, 0.2) is 0 Å². The maximum Gasteiger partial charge on any atom is 0.140 e. The number of rotatable bonds is 8. The molecule has 126 valence electrons. The predicted octanol–water partition coefficient (Wildman–Crippen LogP) is 4.24. The molecule has 0 fully saturated rings. The SMILES string of the molecule is COc1cc(N(CCCCCN)C(C)C)c2ncccc2c1Cl. The van der Waals surface area contributed by atoms with E-state index in [1.165, 1.54) is 0 Å². The smallest absolute Gasteiger partial charge is 0.140 e. The van der Waals surface area contributed by atoms with Crippen molar-refractivity contribution in [1.82, 2.24) is 4.98 Å². The molecule has 0 aliphatic carbocycles. The first kappa shape index (κ1) is 17.8. The van der Waals surface area contributed by atoms with E-state index >= 15 is 0 Å². The molecule has 0 atom stereocenters. The number of nitrogens with zero attached hydrogens (tertiary/aromatic N) is 2. The Morgan fingerprint density at radius 1 is 1.30 bits per heavy atom. The van der Waals surface area contributed by atoms with Gasteiger partial charge in [-0.2, -0.15) is 0 Å². The second-order valence-electron chi connectivity index (χ2n) is 5.95. The maximum absolute atomic E-state index is 6.45. The van der Waals surface area contributed by atoms with E-state index in [1.54, 1.807) is 7.11 Å². The molecule has 0 bridgehead atoms. The molecular formula is C18H26ClN3O. The third-order valence-electron chi connectivity index (χ3n) is 4.03. The van der Waals surface area contributed by atoms with Gasteiger partial charge in [0, 0.05) is 30.2 Å². The van der Waals surface area contributed by atoms with Crippen molar-refractivity contribution in [3.8, 4) is 5.75 Å². The van der Waals surface area contributed by atoms with Crippen LogP contribution in [0.1, 0.15) is 33.1 Å². The number of benzene rings is 1. The minimum Gasteiger partial charge on any atom is -0.495 e. The molecule has 0 spiro atoms. The summed E-state index contributed by atoms with van der Waals surface area (Å²) < 4.78 is 5.46. The molecule has 0 radical (unpaired) electrons. The topological polar surface area (TPSA) is 51.4 Å². The lowest BCUT2D eigenvalue weighted by Gasteiger charge is -2.30. The lowest BCUT2D eigenvalue weighted by molar-refractivity contribution is 0.415. The zero-order chi connectivity index (χ0) is 16.8. The fourth-order valence-corrected chi connectivity index (χ4v) is 3.09. The number of halogens is 1. The number of hydrogen-bond donors (Lipinski definition) is 1. The first-order valence-electron chi connectivity index (χ1n) is 8.18. The minimum atomic E-state index is 0.365. The number of nitrogens with two attached hydrogens (primary N) is 1. The molecule has 0 saturated heterocycles. The Labute approximate surface area is 143 Å². The molecular weight excluding hydrogens is 310 g/mol. The van der Waals surface area contributed by atoms with Crippen molar-refractivity contribution in [3.05, 3.63) is 29.4 Å². The van der Waals surface area contributed by atoms with Gasteiger partial charge in [-0.15, -0.1) is 0 Å². The second-order valence-corrected chi connectivity index (χ2v) is 6.33. The number of fused-ring (bicyclic) bond motifs is 1. The van der Waals surface area contributed by atoms with E-state index in [0.717, 1.165) is 48.9 Å². The van der Waals surface area contributed by atoms with Gasteiger partial charge in [-0.3, -0.25) is 4.98 Å². The van der Waals surface area contributed by atoms with Gasteiger partial charge in [0.05, 0.1) is 23.3 Å². The summed E-state index contributed by atoms with van der Waals surface area (Å²) in [7, 11) is 1.65. The first-order chi connectivity index (χ1) is 11.1. The quantitative estimate of drug-likeness (QED) is 0.733. The standard InChI is InChI=1S/C18H26ClN3O/c1-13(2)22(11-6-4-5-9-20)15-12-16(23-3)17(19)14-8-7-10-21-18(14)15/h7-8,10,12-13H,4-6,9,11,20H2,1-3H3. The number of methoxy groups -OCH3 is 1. The van der Waals surface area contributed by atoms with E-state index in [1.807, 2.05) is 24.4 Å². The highest BCUT2D eigenvalue weighted by atomic mass is 35.5. The number of aromatic nitrogens is 1. The molecule has 2 aromatic rings. The van der Waals surface area contributed by atoms with Crippen LogP contribution in [0.3, 0.4) is 0 Å². The molecule has 0 aliphatic heterocycles. The molecule has 1 heterocycles. The van der Waals surface area contributed by atoms with E-state index < -0.39 is 0 Å². The van der Waals surface area contributed by atoms with E-state index in [9.17, 15) is 0 Å². The normalized spacial score (nSPS) is 11.2. The van der Waals surface area contributed by atoms with Crippen LogP contribution in [0.2, 0.25) is 5.02 Å². The van der Waals surface area contributed by atoms with Crippen LogP contribution >= 0.6 is 11.6 Å². The molecule has 2 rings (SSSR count). The van der Waals surface area contributed by atoms with Crippen molar-refractivity contribution < 1.29 is 4.74 Å². The highest BCUT2D eigenvalue weighted by molar-refractivity contribution is 6.37. The summed E-state index contributed by atoms with van der Waals surface area (Å²) in [6.07, 6.45) is 5.11. The van der Waals surface area contributed by atoms with Crippen LogP contribution < -0.4 is 15.4 Å². The molecule has 0 amide bonds. The molecule has 0 aliphatic rings.